The van der Waals surface area contributed by atoms with Crippen molar-refractivity contribution in [1.29, 1.82) is 0 Å². The Morgan fingerprint density at radius 2 is 2.18 bits per heavy atom. The van der Waals surface area contributed by atoms with Gasteiger partial charge in [0.05, 0.1) is 12.7 Å². The summed E-state index contributed by atoms with van der Waals surface area (Å²) in [6.07, 6.45) is 0.961. The highest BCUT2D eigenvalue weighted by atomic mass is 16.5. The molecule has 1 aromatic rings. The second kappa shape index (κ2) is 6.13. The zero-order valence-electron chi connectivity index (χ0n) is 10.6. The van der Waals surface area contributed by atoms with Gasteiger partial charge in [0.25, 0.3) is 5.91 Å². The molecule has 1 rings (SSSR count). The number of hydrogen-bond acceptors (Lipinski definition) is 3. The van der Waals surface area contributed by atoms with Crippen LogP contribution in [0.5, 0.6) is 5.75 Å². The molecule has 4 nitrogen and oxygen atoms in total. The van der Waals surface area contributed by atoms with Crippen molar-refractivity contribution in [1.82, 2.24) is 5.32 Å². The maximum atomic E-state index is 11.9. The second-order valence-corrected chi connectivity index (χ2v) is 4.40. The Balaban J connectivity index is 2.68. The van der Waals surface area contributed by atoms with Crippen molar-refractivity contribution in [2.45, 2.75) is 20.3 Å². The van der Waals surface area contributed by atoms with E-state index in [-0.39, 0.29) is 5.91 Å². The van der Waals surface area contributed by atoms with Crippen LogP contribution in [0.25, 0.3) is 0 Å². The lowest BCUT2D eigenvalue weighted by atomic mass is 10.1. The van der Waals surface area contributed by atoms with Crippen molar-refractivity contribution in [2.75, 3.05) is 19.4 Å². The van der Waals surface area contributed by atoms with Crippen molar-refractivity contribution in [2.24, 2.45) is 5.92 Å². The first-order valence-corrected chi connectivity index (χ1v) is 5.76. The Hall–Kier alpha value is -1.71. The van der Waals surface area contributed by atoms with Gasteiger partial charge in [-0.1, -0.05) is 13.8 Å². The van der Waals surface area contributed by atoms with E-state index in [0.29, 0.717) is 29.5 Å². The number of carbonyl (C=O) groups excluding carboxylic acids is 1. The lowest BCUT2D eigenvalue weighted by Crippen LogP contribution is -2.25. The first kappa shape index (κ1) is 13.4. The van der Waals surface area contributed by atoms with E-state index in [1.807, 2.05) is 0 Å². The van der Waals surface area contributed by atoms with Crippen LogP contribution in [0.2, 0.25) is 0 Å². The number of hydrogen-bond donors (Lipinski definition) is 2. The zero-order chi connectivity index (χ0) is 12.8. The molecule has 1 aromatic carbocycles. The van der Waals surface area contributed by atoms with Crippen molar-refractivity contribution in [3.05, 3.63) is 23.8 Å². The minimum absolute atomic E-state index is 0.123. The SMILES string of the molecule is COc1cc(N)ccc1C(=O)NCCC(C)C. The molecule has 17 heavy (non-hydrogen) atoms. The van der Waals surface area contributed by atoms with Gasteiger partial charge in [-0.05, 0) is 24.5 Å². The molecule has 0 bridgehead atoms. The molecule has 0 unspecified atom stereocenters. The van der Waals surface area contributed by atoms with Gasteiger partial charge in [-0.25, -0.2) is 0 Å². The predicted octanol–water partition coefficient (Wildman–Crippen LogP) is 2.05. The Bertz CT molecular complexity index is 389. The summed E-state index contributed by atoms with van der Waals surface area (Å²) >= 11 is 0. The monoisotopic (exact) mass is 236 g/mol. The summed E-state index contributed by atoms with van der Waals surface area (Å²) in [7, 11) is 1.53. The third-order valence-electron chi connectivity index (χ3n) is 2.48. The number of methoxy groups -OCH3 is 1. The smallest absolute Gasteiger partial charge is 0.255 e. The van der Waals surface area contributed by atoms with Gasteiger partial charge in [-0.15, -0.1) is 0 Å². The molecule has 0 aliphatic heterocycles. The minimum Gasteiger partial charge on any atom is -0.496 e. The number of amides is 1. The molecular weight excluding hydrogens is 216 g/mol. The van der Waals surface area contributed by atoms with E-state index in [1.54, 1.807) is 18.2 Å². The molecule has 4 heteroatoms. The molecule has 0 saturated carbocycles. The van der Waals surface area contributed by atoms with Gasteiger partial charge in [-0.3, -0.25) is 4.79 Å². The molecule has 0 aliphatic carbocycles. The quantitative estimate of drug-likeness (QED) is 0.769. The fraction of sp³-hybridized carbons (Fsp3) is 0.462. The van der Waals surface area contributed by atoms with Gasteiger partial charge in [0.2, 0.25) is 0 Å². The average Bonchev–Trinajstić information content (AvgIpc) is 2.28. The normalized spacial score (nSPS) is 10.4. The van der Waals surface area contributed by atoms with Crippen molar-refractivity contribution < 1.29 is 9.53 Å². The van der Waals surface area contributed by atoms with E-state index in [1.165, 1.54) is 7.11 Å². The number of nitrogen functional groups attached to an aromatic ring is 1. The highest BCUT2D eigenvalue weighted by Gasteiger charge is 2.11. The molecule has 3 N–H and O–H groups in total. The fourth-order valence-corrected chi connectivity index (χ4v) is 1.46. The van der Waals surface area contributed by atoms with Crippen LogP contribution in [0.4, 0.5) is 5.69 Å². The van der Waals surface area contributed by atoms with E-state index < -0.39 is 0 Å². The van der Waals surface area contributed by atoms with Gasteiger partial charge in [0.1, 0.15) is 5.75 Å². The Morgan fingerprint density at radius 3 is 2.76 bits per heavy atom. The maximum Gasteiger partial charge on any atom is 0.255 e. The molecule has 0 heterocycles. The largest absolute Gasteiger partial charge is 0.496 e. The molecule has 1 amide bonds. The zero-order valence-corrected chi connectivity index (χ0v) is 10.6. The highest BCUT2D eigenvalue weighted by Crippen LogP contribution is 2.21. The van der Waals surface area contributed by atoms with E-state index in [2.05, 4.69) is 19.2 Å². The molecule has 0 aromatic heterocycles. The van der Waals surface area contributed by atoms with Gasteiger partial charge in [0, 0.05) is 18.3 Å². The topological polar surface area (TPSA) is 64.3 Å². The average molecular weight is 236 g/mol. The standard InChI is InChI=1S/C13H20N2O2/c1-9(2)6-7-15-13(16)11-5-4-10(14)8-12(11)17-3/h4-5,8-9H,6-7,14H2,1-3H3,(H,15,16). The van der Waals surface area contributed by atoms with Crippen molar-refractivity contribution in [3.8, 4) is 5.75 Å². The number of nitrogens with one attached hydrogen (secondary N) is 1. The number of rotatable bonds is 5. The fourth-order valence-electron chi connectivity index (χ4n) is 1.46. The van der Waals surface area contributed by atoms with Gasteiger partial charge < -0.3 is 15.8 Å². The first-order chi connectivity index (χ1) is 8.04. The van der Waals surface area contributed by atoms with Crippen LogP contribution in [0.15, 0.2) is 18.2 Å². The summed E-state index contributed by atoms with van der Waals surface area (Å²) in [4.78, 5) is 11.9. The number of nitrogens with two attached hydrogens (primary N) is 1. The van der Waals surface area contributed by atoms with E-state index in [4.69, 9.17) is 10.5 Å². The van der Waals surface area contributed by atoms with Crippen LogP contribution in [0.1, 0.15) is 30.6 Å². The van der Waals surface area contributed by atoms with E-state index >= 15 is 0 Å². The third-order valence-corrected chi connectivity index (χ3v) is 2.48. The van der Waals surface area contributed by atoms with Crippen LogP contribution in [0, 0.1) is 5.92 Å². The Kier molecular flexibility index (Phi) is 4.82. The third kappa shape index (κ3) is 3.98. The van der Waals surface area contributed by atoms with Gasteiger partial charge in [-0.2, -0.15) is 0 Å². The summed E-state index contributed by atoms with van der Waals surface area (Å²) in [6, 6.07) is 5.02. The van der Waals surface area contributed by atoms with E-state index in [0.717, 1.165) is 6.42 Å². The van der Waals surface area contributed by atoms with Crippen LogP contribution >= 0.6 is 0 Å². The van der Waals surface area contributed by atoms with Crippen LogP contribution in [0.3, 0.4) is 0 Å². The van der Waals surface area contributed by atoms with Gasteiger partial charge >= 0.3 is 0 Å². The summed E-state index contributed by atoms with van der Waals surface area (Å²) in [5.74, 6) is 0.957. The molecular formula is C13H20N2O2. The Labute approximate surface area is 102 Å². The predicted molar refractivity (Wildman–Crippen MR) is 69.2 cm³/mol. The summed E-state index contributed by atoms with van der Waals surface area (Å²) in [5.41, 5.74) is 6.73. The number of benzene rings is 1. The van der Waals surface area contributed by atoms with Crippen LogP contribution in [-0.2, 0) is 0 Å². The molecule has 94 valence electrons. The summed E-state index contributed by atoms with van der Waals surface area (Å²) in [6.45, 7) is 4.91. The number of anilines is 1. The summed E-state index contributed by atoms with van der Waals surface area (Å²) < 4.78 is 5.13. The van der Waals surface area contributed by atoms with Crippen molar-refractivity contribution in [3.63, 3.8) is 0 Å². The molecule has 0 fully saturated rings. The second-order valence-electron chi connectivity index (χ2n) is 4.40. The lowest BCUT2D eigenvalue weighted by Gasteiger charge is -2.10. The molecule has 0 atom stereocenters. The lowest BCUT2D eigenvalue weighted by molar-refractivity contribution is 0.0949. The highest BCUT2D eigenvalue weighted by molar-refractivity contribution is 5.97. The van der Waals surface area contributed by atoms with E-state index in [9.17, 15) is 4.79 Å². The van der Waals surface area contributed by atoms with Crippen LogP contribution in [-0.4, -0.2) is 19.6 Å². The van der Waals surface area contributed by atoms with Crippen LogP contribution < -0.4 is 15.8 Å². The summed E-state index contributed by atoms with van der Waals surface area (Å²) in [5, 5.41) is 2.86. The first-order valence-electron chi connectivity index (χ1n) is 5.76. The molecule has 0 radical (unpaired) electrons. The number of carbonyl (C=O) groups is 1. The molecule has 0 aliphatic rings. The van der Waals surface area contributed by atoms with Crippen molar-refractivity contribution >= 4 is 11.6 Å². The Morgan fingerprint density at radius 1 is 1.47 bits per heavy atom. The maximum absolute atomic E-state index is 11.9. The molecule has 0 spiro atoms. The molecule has 0 saturated heterocycles. The number of ether oxygens (including phenoxy) is 1. The van der Waals surface area contributed by atoms with Gasteiger partial charge in [0.15, 0.2) is 0 Å². The minimum atomic E-state index is -0.123.